The lowest BCUT2D eigenvalue weighted by Gasteiger charge is -2.36. The molecular formula is C10H20N2O2. The fourth-order valence-corrected chi connectivity index (χ4v) is 1.85. The molecule has 1 fully saturated rings. The normalized spacial score (nSPS) is 27.8. The number of carbonyl (C=O) groups excluding carboxylic acids is 1. The van der Waals surface area contributed by atoms with Gasteiger partial charge in [-0.1, -0.05) is 6.92 Å². The molecule has 0 bridgehead atoms. The zero-order chi connectivity index (χ0) is 10.6. The molecule has 1 saturated heterocycles. The predicted molar refractivity (Wildman–Crippen MR) is 54.8 cm³/mol. The van der Waals surface area contributed by atoms with Crippen LogP contribution in [0.3, 0.4) is 0 Å². The van der Waals surface area contributed by atoms with Crippen LogP contribution in [-0.4, -0.2) is 43.7 Å². The second kappa shape index (κ2) is 5.32. The summed E-state index contributed by atoms with van der Waals surface area (Å²) in [5.74, 6) is 0.698. The lowest BCUT2D eigenvalue weighted by Crippen LogP contribution is -2.47. The van der Waals surface area contributed by atoms with E-state index in [4.69, 9.17) is 10.5 Å². The van der Waals surface area contributed by atoms with E-state index in [2.05, 4.69) is 6.92 Å². The summed E-state index contributed by atoms with van der Waals surface area (Å²) in [7, 11) is 1.71. The number of nitrogens with two attached hydrogens (primary N) is 1. The Bertz CT molecular complexity index is 197. The minimum absolute atomic E-state index is 0.154. The number of carbonyl (C=O) groups is 1. The van der Waals surface area contributed by atoms with E-state index >= 15 is 0 Å². The minimum Gasteiger partial charge on any atom is -0.379 e. The maximum absolute atomic E-state index is 11.6. The second-order valence-corrected chi connectivity index (χ2v) is 3.92. The third-order valence-corrected chi connectivity index (χ3v) is 2.90. The molecule has 14 heavy (non-hydrogen) atoms. The van der Waals surface area contributed by atoms with E-state index in [-0.39, 0.29) is 12.0 Å². The maximum atomic E-state index is 11.6. The Morgan fingerprint density at radius 1 is 1.64 bits per heavy atom. The van der Waals surface area contributed by atoms with Crippen molar-refractivity contribution in [2.75, 3.05) is 26.7 Å². The van der Waals surface area contributed by atoms with Crippen LogP contribution in [0, 0.1) is 5.92 Å². The molecule has 0 spiro atoms. The Balaban J connectivity index is 2.45. The van der Waals surface area contributed by atoms with Crippen LogP contribution in [0.25, 0.3) is 0 Å². The zero-order valence-electron chi connectivity index (χ0n) is 9.03. The van der Waals surface area contributed by atoms with Crippen molar-refractivity contribution in [2.45, 2.75) is 25.9 Å². The van der Waals surface area contributed by atoms with Gasteiger partial charge in [0.05, 0.1) is 6.10 Å². The third-order valence-electron chi connectivity index (χ3n) is 2.90. The zero-order valence-corrected chi connectivity index (χ0v) is 9.03. The quantitative estimate of drug-likeness (QED) is 0.709. The van der Waals surface area contributed by atoms with Crippen LogP contribution in [-0.2, 0) is 9.53 Å². The van der Waals surface area contributed by atoms with E-state index in [9.17, 15) is 4.79 Å². The summed E-state index contributed by atoms with van der Waals surface area (Å²) in [4.78, 5) is 13.4. The fraction of sp³-hybridized carbons (Fsp3) is 0.900. The second-order valence-electron chi connectivity index (χ2n) is 3.92. The molecule has 2 atom stereocenters. The van der Waals surface area contributed by atoms with Gasteiger partial charge in [-0.3, -0.25) is 4.79 Å². The summed E-state index contributed by atoms with van der Waals surface area (Å²) >= 11 is 0. The molecule has 0 aliphatic carbocycles. The molecule has 4 nitrogen and oxygen atoms in total. The Kier molecular flexibility index (Phi) is 4.35. The van der Waals surface area contributed by atoms with Gasteiger partial charge in [-0.2, -0.15) is 0 Å². The molecule has 0 saturated carbocycles. The number of nitrogens with zero attached hydrogens (tertiary/aromatic N) is 1. The molecule has 0 aromatic heterocycles. The molecule has 1 aliphatic rings. The van der Waals surface area contributed by atoms with E-state index < -0.39 is 0 Å². The van der Waals surface area contributed by atoms with E-state index in [0.717, 1.165) is 19.5 Å². The fourth-order valence-electron chi connectivity index (χ4n) is 1.85. The first-order chi connectivity index (χ1) is 6.69. The van der Waals surface area contributed by atoms with Gasteiger partial charge in [-0.15, -0.1) is 0 Å². The minimum atomic E-state index is 0.154. The number of amides is 1. The average molecular weight is 200 g/mol. The van der Waals surface area contributed by atoms with Gasteiger partial charge >= 0.3 is 0 Å². The van der Waals surface area contributed by atoms with Crippen LogP contribution in [0.15, 0.2) is 0 Å². The van der Waals surface area contributed by atoms with Crippen LogP contribution < -0.4 is 5.73 Å². The highest BCUT2D eigenvalue weighted by molar-refractivity contribution is 5.76. The topological polar surface area (TPSA) is 55.6 Å². The van der Waals surface area contributed by atoms with Gasteiger partial charge in [-0.05, 0) is 12.3 Å². The highest BCUT2D eigenvalue weighted by Crippen LogP contribution is 2.19. The monoisotopic (exact) mass is 200 g/mol. The lowest BCUT2D eigenvalue weighted by atomic mass is 9.95. The largest absolute Gasteiger partial charge is 0.379 e. The van der Waals surface area contributed by atoms with Crippen molar-refractivity contribution in [3.05, 3.63) is 0 Å². The third kappa shape index (κ3) is 2.69. The van der Waals surface area contributed by atoms with Gasteiger partial charge in [0.15, 0.2) is 0 Å². The summed E-state index contributed by atoms with van der Waals surface area (Å²) in [6, 6.07) is 0. The van der Waals surface area contributed by atoms with Crippen molar-refractivity contribution in [1.82, 2.24) is 4.90 Å². The molecule has 1 heterocycles. The van der Waals surface area contributed by atoms with E-state index in [0.29, 0.717) is 18.9 Å². The number of likely N-dealkylation sites (tertiary alicyclic amines) is 1. The molecule has 4 heteroatoms. The van der Waals surface area contributed by atoms with Crippen LogP contribution in [0.2, 0.25) is 0 Å². The van der Waals surface area contributed by atoms with Crippen LogP contribution in [0.4, 0.5) is 0 Å². The van der Waals surface area contributed by atoms with E-state index in [1.54, 1.807) is 7.11 Å². The molecular weight excluding hydrogens is 180 g/mol. The Labute approximate surface area is 85.4 Å². The molecule has 1 rings (SSSR count). The predicted octanol–water partition coefficient (Wildman–Crippen LogP) is 0.219. The van der Waals surface area contributed by atoms with E-state index in [1.165, 1.54) is 0 Å². The number of rotatable bonds is 3. The smallest absolute Gasteiger partial charge is 0.223 e. The van der Waals surface area contributed by atoms with Gasteiger partial charge in [0.2, 0.25) is 5.91 Å². The summed E-state index contributed by atoms with van der Waals surface area (Å²) < 4.78 is 5.34. The summed E-state index contributed by atoms with van der Waals surface area (Å²) in [6.45, 7) is 4.16. The Hall–Kier alpha value is -0.610. The first-order valence-electron chi connectivity index (χ1n) is 5.19. The molecule has 0 radical (unpaired) electrons. The molecule has 2 unspecified atom stereocenters. The molecule has 82 valence electrons. The number of piperidine rings is 1. The van der Waals surface area contributed by atoms with Crippen molar-refractivity contribution in [2.24, 2.45) is 11.7 Å². The maximum Gasteiger partial charge on any atom is 0.223 e. The van der Waals surface area contributed by atoms with Crippen molar-refractivity contribution in [1.29, 1.82) is 0 Å². The van der Waals surface area contributed by atoms with Gasteiger partial charge in [0.1, 0.15) is 0 Å². The van der Waals surface area contributed by atoms with Gasteiger partial charge in [0, 0.05) is 33.2 Å². The Morgan fingerprint density at radius 2 is 2.36 bits per heavy atom. The summed E-state index contributed by atoms with van der Waals surface area (Å²) in [5, 5.41) is 0. The van der Waals surface area contributed by atoms with Crippen molar-refractivity contribution in [3.8, 4) is 0 Å². The van der Waals surface area contributed by atoms with Crippen LogP contribution in [0.5, 0.6) is 0 Å². The Morgan fingerprint density at radius 3 is 2.93 bits per heavy atom. The number of hydrogen-bond acceptors (Lipinski definition) is 3. The highest BCUT2D eigenvalue weighted by Gasteiger charge is 2.28. The summed E-state index contributed by atoms with van der Waals surface area (Å²) in [6.07, 6.45) is 1.66. The molecule has 1 aliphatic heterocycles. The average Bonchev–Trinajstić information content (AvgIpc) is 2.19. The SMILES string of the molecule is COC1CN(C(=O)CCN)CCC1C. The van der Waals surface area contributed by atoms with Gasteiger partial charge in [0.25, 0.3) is 0 Å². The molecule has 0 aromatic carbocycles. The molecule has 1 amide bonds. The van der Waals surface area contributed by atoms with Crippen LogP contribution >= 0.6 is 0 Å². The first-order valence-corrected chi connectivity index (χ1v) is 5.19. The molecule has 0 aromatic rings. The van der Waals surface area contributed by atoms with Crippen LogP contribution in [0.1, 0.15) is 19.8 Å². The lowest BCUT2D eigenvalue weighted by molar-refractivity contribution is -0.136. The van der Waals surface area contributed by atoms with Gasteiger partial charge < -0.3 is 15.4 Å². The standard InChI is InChI=1S/C10H20N2O2/c1-8-4-6-12(7-9(8)14-2)10(13)3-5-11/h8-9H,3-7,11H2,1-2H3. The van der Waals surface area contributed by atoms with E-state index in [1.807, 2.05) is 4.90 Å². The van der Waals surface area contributed by atoms with Gasteiger partial charge in [-0.25, -0.2) is 0 Å². The molecule has 2 N–H and O–H groups in total. The number of hydrogen-bond donors (Lipinski definition) is 1. The van der Waals surface area contributed by atoms with Crippen molar-refractivity contribution in [3.63, 3.8) is 0 Å². The highest BCUT2D eigenvalue weighted by atomic mass is 16.5. The summed E-state index contributed by atoms with van der Waals surface area (Å²) in [5.41, 5.74) is 5.35. The number of ether oxygens (including phenoxy) is 1. The first kappa shape index (κ1) is 11.5. The number of methoxy groups -OCH3 is 1. The van der Waals surface area contributed by atoms with Crippen molar-refractivity contribution >= 4 is 5.91 Å². The van der Waals surface area contributed by atoms with Crippen molar-refractivity contribution < 1.29 is 9.53 Å².